The molecule has 0 aromatic carbocycles. The summed E-state index contributed by atoms with van der Waals surface area (Å²) >= 11 is 0. The SMILES string of the molecule is N#CCCCCN1CCCC(N)C1. The molecule has 1 aliphatic rings. The molecule has 1 saturated heterocycles. The van der Waals surface area contributed by atoms with E-state index in [0.29, 0.717) is 12.5 Å². The molecule has 1 fully saturated rings. The van der Waals surface area contributed by atoms with Gasteiger partial charge in [-0.05, 0) is 38.8 Å². The summed E-state index contributed by atoms with van der Waals surface area (Å²) in [5.74, 6) is 0. The van der Waals surface area contributed by atoms with Crippen molar-refractivity contribution in [2.45, 2.75) is 38.1 Å². The van der Waals surface area contributed by atoms with Gasteiger partial charge in [0.2, 0.25) is 0 Å². The number of nitrogens with two attached hydrogens (primary N) is 1. The van der Waals surface area contributed by atoms with Crippen LogP contribution in [0.4, 0.5) is 0 Å². The molecule has 0 radical (unpaired) electrons. The fourth-order valence-corrected chi connectivity index (χ4v) is 1.83. The number of likely N-dealkylation sites (tertiary alicyclic amines) is 1. The second-order valence-electron chi connectivity index (χ2n) is 3.82. The summed E-state index contributed by atoms with van der Waals surface area (Å²) in [4.78, 5) is 2.42. The molecule has 1 aliphatic heterocycles. The summed E-state index contributed by atoms with van der Waals surface area (Å²) in [5, 5.41) is 8.36. The molecule has 3 heteroatoms. The van der Waals surface area contributed by atoms with Crippen molar-refractivity contribution in [1.82, 2.24) is 4.90 Å². The zero-order chi connectivity index (χ0) is 9.52. The van der Waals surface area contributed by atoms with Crippen LogP contribution in [0.2, 0.25) is 0 Å². The Kier molecular flexibility index (Phi) is 4.81. The third-order valence-corrected chi connectivity index (χ3v) is 2.55. The van der Waals surface area contributed by atoms with Gasteiger partial charge in [-0.15, -0.1) is 0 Å². The monoisotopic (exact) mass is 181 g/mol. The Morgan fingerprint density at radius 2 is 2.31 bits per heavy atom. The van der Waals surface area contributed by atoms with E-state index in [2.05, 4.69) is 11.0 Å². The first-order chi connectivity index (χ1) is 6.33. The lowest BCUT2D eigenvalue weighted by Gasteiger charge is -2.30. The van der Waals surface area contributed by atoms with Gasteiger partial charge in [-0.3, -0.25) is 0 Å². The molecule has 1 unspecified atom stereocenters. The fourth-order valence-electron chi connectivity index (χ4n) is 1.83. The maximum Gasteiger partial charge on any atom is 0.0621 e. The number of piperidine rings is 1. The highest BCUT2D eigenvalue weighted by atomic mass is 15.1. The van der Waals surface area contributed by atoms with Gasteiger partial charge in [-0.2, -0.15) is 5.26 Å². The smallest absolute Gasteiger partial charge is 0.0621 e. The van der Waals surface area contributed by atoms with Gasteiger partial charge in [-0.25, -0.2) is 0 Å². The maximum atomic E-state index is 8.36. The van der Waals surface area contributed by atoms with E-state index in [1.807, 2.05) is 0 Å². The Labute approximate surface area is 80.5 Å². The fraction of sp³-hybridized carbons (Fsp3) is 0.900. The number of unbranched alkanes of at least 4 members (excludes halogenated alkanes) is 2. The van der Waals surface area contributed by atoms with Gasteiger partial charge in [0, 0.05) is 19.0 Å². The second kappa shape index (κ2) is 5.95. The van der Waals surface area contributed by atoms with Crippen LogP contribution in [-0.4, -0.2) is 30.6 Å². The first-order valence-electron chi connectivity index (χ1n) is 5.18. The normalized spacial score (nSPS) is 24.2. The first-order valence-corrected chi connectivity index (χ1v) is 5.18. The predicted molar refractivity (Wildman–Crippen MR) is 53.1 cm³/mol. The van der Waals surface area contributed by atoms with Gasteiger partial charge in [0.25, 0.3) is 0 Å². The minimum absolute atomic E-state index is 0.379. The van der Waals surface area contributed by atoms with Crippen LogP contribution in [0.5, 0.6) is 0 Å². The van der Waals surface area contributed by atoms with Crippen LogP contribution in [-0.2, 0) is 0 Å². The Morgan fingerprint density at radius 3 is 3.00 bits per heavy atom. The van der Waals surface area contributed by atoms with Gasteiger partial charge in [0.05, 0.1) is 6.07 Å². The van der Waals surface area contributed by atoms with E-state index in [4.69, 9.17) is 11.0 Å². The minimum atomic E-state index is 0.379. The van der Waals surface area contributed by atoms with Crippen LogP contribution in [0.3, 0.4) is 0 Å². The molecule has 0 bridgehead atoms. The molecule has 0 aromatic heterocycles. The Morgan fingerprint density at radius 1 is 1.46 bits per heavy atom. The van der Waals surface area contributed by atoms with Gasteiger partial charge < -0.3 is 10.6 Å². The largest absolute Gasteiger partial charge is 0.327 e. The van der Waals surface area contributed by atoms with Crippen LogP contribution < -0.4 is 5.73 Å². The molecule has 0 spiro atoms. The van der Waals surface area contributed by atoms with Crippen molar-refractivity contribution >= 4 is 0 Å². The quantitative estimate of drug-likeness (QED) is 0.661. The second-order valence-corrected chi connectivity index (χ2v) is 3.82. The van der Waals surface area contributed by atoms with Crippen LogP contribution in [0.25, 0.3) is 0 Å². The van der Waals surface area contributed by atoms with Crippen LogP contribution in [0.15, 0.2) is 0 Å². The van der Waals surface area contributed by atoms with Crippen molar-refractivity contribution in [2.75, 3.05) is 19.6 Å². The molecule has 1 atom stereocenters. The molecule has 1 heterocycles. The number of hydrogen-bond acceptors (Lipinski definition) is 3. The van der Waals surface area contributed by atoms with E-state index < -0.39 is 0 Å². The number of nitrogens with zero attached hydrogens (tertiary/aromatic N) is 2. The third kappa shape index (κ3) is 4.25. The first kappa shape index (κ1) is 10.5. The highest BCUT2D eigenvalue weighted by molar-refractivity contribution is 4.75. The summed E-state index contributed by atoms with van der Waals surface area (Å²) in [6.45, 7) is 3.36. The lowest BCUT2D eigenvalue weighted by atomic mass is 10.1. The lowest BCUT2D eigenvalue weighted by molar-refractivity contribution is 0.206. The Balaban J connectivity index is 2.04. The average Bonchev–Trinajstić information content (AvgIpc) is 2.13. The zero-order valence-corrected chi connectivity index (χ0v) is 8.21. The van der Waals surface area contributed by atoms with Crippen molar-refractivity contribution in [3.05, 3.63) is 0 Å². The molecule has 3 nitrogen and oxygen atoms in total. The molecule has 0 amide bonds. The molecule has 1 rings (SSSR count). The number of nitriles is 1. The highest BCUT2D eigenvalue weighted by Gasteiger charge is 2.15. The molecule has 0 aliphatic carbocycles. The molecular formula is C10H19N3. The van der Waals surface area contributed by atoms with Crippen molar-refractivity contribution in [3.8, 4) is 6.07 Å². The standard InChI is InChI=1S/C10H19N3/c11-6-2-1-3-7-13-8-4-5-10(12)9-13/h10H,1-5,7-9,12H2. The summed E-state index contributed by atoms with van der Waals surface area (Å²) in [6, 6.07) is 2.55. The molecular weight excluding hydrogens is 162 g/mol. The Bertz CT molecular complexity index is 173. The van der Waals surface area contributed by atoms with Gasteiger partial charge >= 0.3 is 0 Å². The third-order valence-electron chi connectivity index (χ3n) is 2.55. The topological polar surface area (TPSA) is 53.0 Å². The maximum absolute atomic E-state index is 8.36. The van der Waals surface area contributed by atoms with E-state index in [0.717, 1.165) is 25.9 Å². The summed E-state index contributed by atoms with van der Waals surface area (Å²) < 4.78 is 0. The summed E-state index contributed by atoms with van der Waals surface area (Å²) in [5.41, 5.74) is 5.86. The lowest BCUT2D eigenvalue weighted by Crippen LogP contribution is -2.43. The highest BCUT2D eigenvalue weighted by Crippen LogP contribution is 2.09. The van der Waals surface area contributed by atoms with E-state index in [1.165, 1.54) is 19.4 Å². The van der Waals surface area contributed by atoms with E-state index in [9.17, 15) is 0 Å². The van der Waals surface area contributed by atoms with E-state index in [1.54, 1.807) is 0 Å². The van der Waals surface area contributed by atoms with E-state index in [-0.39, 0.29) is 0 Å². The van der Waals surface area contributed by atoms with Crippen LogP contribution in [0.1, 0.15) is 32.1 Å². The van der Waals surface area contributed by atoms with Crippen molar-refractivity contribution in [2.24, 2.45) is 5.73 Å². The Hall–Kier alpha value is -0.590. The van der Waals surface area contributed by atoms with E-state index >= 15 is 0 Å². The zero-order valence-electron chi connectivity index (χ0n) is 8.21. The van der Waals surface area contributed by atoms with Gasteiger partial charge in [0.15, 0.2) is 0 Å². The number of rotatable bonds is 4. The van der Waals surface area contributed by atoms with Crippen molar-refractivity contribution in [3.63, 3.8) is 0 Å². The van der Waals surface area contributed by atoms with Crippen molar-refractivity contribution in [1.29, 1.82) is 5.26 Å². The van der Waals surface area contributed by atoms with Crippen LogP contribution in [0, 0.1) is 11.3 Å². The molecule has 0 aromatic rings. The minimum Gasteiger partial charge on any atom is -0.327 e. The summed E-state index contributed by atoms with van der Waals surface area (Å²) in [7, 11) is 0. The summed E-state index contributed by atoms with van der Waals surface area (Å²) in [6.07, 6.45) is 5.27. The molecule has 74 valence electrons. The number of hydrogen-bond donors (Lipinski definition) is 1. The molecule has 13 heavy (non-hydrogen) atoms. The van der Waals surface area contributed by atoms with Crippen molar-refractivity contribution < 1.29 is 0 Å². The molecule has 0 saturated carbocycles. The average molecular weight is 181 g/mol. The molecule has 2 N–H and O–H groups in total. The van der Waals surface area contributed by atoms with Gasteiger partial charge in [0.1, 0.15) is 0 Å². The predicted octanol–water partition coefficient (Wildman–Crippen LogP) is 1.10. The van der Waals surface area contributed by atoms with Gasteiger partial charge in [-0.1, -0.05) is 0 Å². The van der Waals surface area contributed by atoms with Crippen LogP contribution >= 0.6 is 0 Å².